The number of hydrogen-bond acceptors (Lipinski definition) is 2. The number of thioether (sulfide) groups is 1. The van der Waals surface area contributed by atoms with Crippen LogP contribution in [0.25, 0.3) is 0 Å². The Hall–Kier alpha value is -0.470. The van der Waals surface area contributed by atoms with Gasteiger partial charge < -0.3 is 5.11 Å². The van der Waals surface area contributed by atoms with E-state index in [9.17, 15) is 5.11 Å². The Bertz CT molecular complexity index is 285. The molecule has 0 aliphatic carbocycles. The lowest BCUT2D eigenvalue weighted by Gasteiger charge is -2.27. The predicted molar refractivity (Wildman–Crippen MR) is 56.9 cm³/mol. The Kier molecular flexibility index (Phi) is 2.35. The van der Waals surface area contributed by atoms with Crippen molar-refractivity contribution in [3.05, 3.63) is 35.9 Å². The molecule has 70 valence electrons. The zero-order valence-corrected chi connectivity index (χ0v) is 8.55. The fourth-order valence-corrected chi connectivity index (χ4v) is 3.15. The molecule has 1 aliphatic rings. The molecular formula is C11H14OS. The molecule has 1 N–H and O–H groups in total. The van der Waals surface area contributed by atoms with Crippen LogP contribution >= 0.6 is 11.8 Å². The second kappa shape index (κ2) is 3.35. The SMILES string of the molecule is CC1SCCC1(O)c1ccccc1. The first-order chi connectivity index (χ1) is 6.23. The zero-order chi connectivity index (χ0) is 9.31. The lowest BCUT2D eigenvalue weighted by atomic mass is 9.89. The van der Waals surface area contributed by atoms with Crippen LogP contribution in [-0.4, -0.2) is 16.1 Å². The molecule has 0 saturated carbocycles. The maximum Gasteiger partial charge on any atom is 0.102 e. The van der Waals surface area contributed by atoms with Crippen LogP contribution in [0.3, 0.4) is 0 Å². The highest BCUT2D eigenvalue weighted by Gasteiger charge is 2.40. The second-order valence-electron chi connectivity index (χ2n) is 3.55. The smallest absolute Gasteiger partial charge is 0.102 e. The first-order valence-electron chi connectivity index (χ1n) is 4.63. The summed E-state index contributed by atoms with van der Waals surface area (Å²) in [6.07, 6.45) is 0.878. The average molecular weight is 194 g/mol. The van der Waals surface area contributed by atoms with Crippen LogP contribution in [0.2, 0.25) is 0 Å². The van der Waals surface area contributed by atoms with Gasteiger partial charge in [0.1, 0.15) is 5.60 Å². The van der Waals surface area contributed by atoms with E-state index in [4.69, 9.17) is 0 Å². The predicted octanol–water partition coefficient (Wildman–Crippen LogP) is 2.40. The van der Waals surface area contributed by atoms with E-state index >= 15 is 0 Å². The summed E-state index contributed by atoms with van der Waals surface area (Å²) in [4.78, 5) is 0. The van der Waals surface area contributed by atoms with Crippen molar-refractivity contribution in [2.24, 2.45) is 0 Å². The molecular weight excluding hydrogens is 180 g/mol. The summed E-state index contributed by atoms with van der Waals surface area (Å²) < 4.78 is 0. The molecule has 1 aliphatic heterocycles. The van der Waals surface area contributed by atoms with E-state index in [-0.39, 0.29) is 0 Å². The number of hydrogen-bond donors (Lipinski definition) is 1. The molecule has 2 heteroatoms. The van der Waals surface area contributed by atoms with Gasteiger partial charge in [0.25, 0.3) is 0 Å². The van der Waals surface area contributed by atoms with Crippen molar-refractivity contribution >= 4 is 11.8 Å². The van der Waals surface area contributed by atoms with Crippen molar-refractivity contribution in [3.63, 3.8) is 0 Å². The number of benzene rings is 1. The highest BCUT2D eigenvalue weighted by molar-refractivity contribution is 8.00. The highest BCUT2D eigenvalue weighted by Crippen LogP contribution is 2.42. The fourth-order valence-electron chi connectivity index (χ4n) is 1.84. The maximum atomic E-state index is 10.4. The minimum atomic E-state index is -0.591. The summed E-state index contributed by atoms with van der Waals surface area (Å²) in [6.45, 7) is 2.10. The monoisotopic (exact) mass is 194 g/mol. The normalized spacial score (nSPS) is 33.5. The summed E-state index contributed by atoms with van der Waals surface area (Å²) in [6, 6.07) is 10.00. The number of rotatable bonds is 1. The topological polar surface area (TPSA) is 20.2 Å². The van der Waals surface area contributed by atoms with Crippen LogP contribution in [0.5, 0.6) is 0 Å². The van der Waals surface area contributed by atoms with Crippen molar-refractivity contribution in [1.29, 1.82) is 0 Å². The third-order valence-electron chi connectivity index (χ3n) is 2.80. The van der Waals surface area contributed by atoms with Crippen molar-refractivity contribution in [2.45, 2.75) is 24.2 Å². The Morgan fingerprint density at radius 3 is 2.62 bits per heavy atom. The van der Waals surface area contributed by atoms with E-state index < -0.39 is 5.60 Å². The Morgan fingerprint density at radius 1 is 1.38 bits per heavy atom. The van der Waals surface area contributed by atoms with E-state index in [1.165, 1.54) is 0 Å². The van der Waals surface area contributed by atoms with Gasteiger partial charge in [-0.1, -0.05) is 37.3 Å². The number of aliphatic hydroxyl groups is 1. The summed E-state index contributed by atoms with van der Waals surface area (Å²) >= 11 is 1.85. The third-order valence-corrected chi connectivity index (χ3v) is 4.13. The molecule has 0 amide bonds. The van der Waals surface area contributed by atoms with Gasteiger partial charge in [-0.25, -0.2) is 0 Å². The molecule has 2 unspecified atom stereocenters. The maximum absolute atomic E-state index is 10.4. The highest BCUT2D eigenvalue weighted by atomic mass is 32.2. The van der Waals surface area contributed by atoms with Gasteiger partial charge in [0.15, 0.2) is 0 Å². The minimum Gasteiger partial charge on any atom is -0.384 e. The minimum absolute atomic E-state index is 0.315. The zero-order valence-electron chi connectivity index (χ0n) is 7.73. The molecule has 1 fully saturated rings. The van der Waals surface area contributed by atoms with Crippen LogP contribution < -0.4 is 0 Å². The van der Waals surface area contributed by atoms with Crippen LogP contribution in [-0.2, 0) is 5.60 Å². The Labute approximate surface area is 83.2 Å². The molecule has 0 radical (unpaired) electrons. The van der Waals surface area contributed by atoms with Gasteiger partial charge in [-0.15, -0.1) is 0 Å². The van der Waals surface area contributed by atoms with Gasteiger partial charge in [0.2, 0.25) is 0 Å². The lowest BCUT2D eigenvalue weighted by molar-refractivity contribution is 0.0427. The summed E-state index contributed by atoms with van der Waals surface area (Å²) in [5.41, 5.74) is 0.471. The second-order valence-corrected chi connectivity index (χ2v) is 5.00. The van der Waals surface area contributed by atoms with Gasteiger partial charge >= 0.3 is 0 Å². The van der Waals surface area contributed by atoms with Crippen molar-refractivity contribution in [2.75, 3.05) is 5.75 Å². The van der Waals surface area contributed by atoms with E-state index in [0.717, 1.165) is 17.7 Å². The van der Waals surface area contributed by atoms with Crippen molar-refractivity contribution < 1.29 is 5.11 Å². The standard InChI is InChI=1S/C11H14OS/c1-9-11(12,7-8-13-9)10-5-3-2-4-6-10/h2-6,9,12H,7-8H2,1H3. The molecule has 0 aromatic heterocycles. The average Bonchev–Trinajstić information content (AvgIpc) is 2.50. The van der Waals surface area contributed by atoms with Gasteiger partial charge in [0.05, 0.1) is 0 Å². The molecule has 1 heterocycles. The van der Waals surface area contributed by atoms with E-state index in [1.54, 1.807) is 0 Å². The summed E-state index contributed by atoms with van der Waals surface area (Å²) in [5.74, 6) is 1.06. The molecule has 1 saturated heterocycles. The first-order valence-corrected chi connectivity index (χ1v) is 5.68. The molecule has 1 aromatic carbocycles. The van der Waals surface area contributed by atoms with Crippen LogP contribution in [0.1, 0.15) is 18.9 Å². The molecule has 2 atom stereocenters. The Morgan fingerprint density at radius 2 is 2.08 bits per heavy atom. The Balaban J connectivity index is 2.34. The van der Waals surface area contributed by atoms with Crippen LogP contribution in [0.15, 0.2) is 30.3 Å². The molecule has 0 spiro atoms. The quantitative estimate of drug-likeness (QED) is 0.741. The van der Waals surface area contributed by atoms with Crippen LogP contribution in [0, 0.1) is 0 Å². The van der Waals surface area contributed by atoms with Gasteiger partial charge in [0, 0.05) is 5.25 Å². The van der Waals surface area contributed by atoms with E-state index in [0.29, 0.717) is 5.25 Å². The first kappa shape index (κ1) is 9.10. The van der Waals surface area contributed by atoms with E-state index in [2.05, 4.69) is 6.92 Å². The van der Waals surface area contributed by atoms with Gasteiger partial charge in [-0.2, -0.15) is 11.8 Å². The van der Waals surface area contributed by atoms with Gasteiger partial charge in [-0.3, -0.25) is 0 Å². The fraction of sp³-hybridized carbons (Fsp3) is 0.455. The molecule has 1 aromatic rings. The van der Waals surface area contributed by atoms with Gasteiger partial charge in [-0.05, 0) is 17.7 Å². The molecule has 2 rings (SSSR count). The summed E-state index contributed by atoms with van der Waals surface area (Å²) in [5, 5.41) is 10.7. The third kappa shape index (κ3) is 1.49. The van der Waals surface area contributed by atoms with Crippen LogP contribution in [0.4, 0.5) is 0 Å². The molecule has 0 bridgehead atoms. The summed E-state index contributed by atoms with van der Waals surface area (Å²) in [7, 11) is 0. The largest absolute Gasteiger partial charge is 0.384 e. The lowest BCUT2D eigenvalue weighted by Crippen LogP contribution is -2.31. The van der Waals surface area contributed by atoms with Crippen molar-refractivity contribution in [1.82, 2.24) is 0 Å². The molecule has 13 heavy (non-hydrogen) atoms. The molecule has 1 nitrogen and oxygen atoms in total. The van der Waals surface area contributed by atoms with Crippen molar-refractivity contribution in [3.8, 4) is 0 Å². The van der Waals surface area contributed by atoms with E-state index in [1.807, 2.05) is 42.1 Å².